The van der Waals surface area contributed by atoms with Gasteiger partial charge in [0, 0.05) is 10.6 Å². The molecule has 0 fully saturated rings. The fourth-order valence-electron chi connectivity index (χ4n) is 3.07. The lowest BCUT2D eigenvalue weighted by molar-refractivity contribution is -0.0493. The van der Waals surface area contributed by atoms with E-state index in [4.69, 9.17) is 23.8 Å². The van der Waals surface area contributed by atoms with Crippen LogP contribution in [-0.2, 0) is 6.54 Å². The van der Waals surface area contributed by atoms with Crippen molar-refractivity contribution in [2.75, 3.05) is 10.6 Å². The number of rotatable bonds is 6. The van der Waals surface area contributed by atoms with Crippen LogP contribution < -0.4 is 15.4 Å². The van der Waals surface area contributed by atoms with Gasteiger partial charge in [-0.05, 0) is 62.8 Å². The van der Waals surface area contributed by atoms with Gasteiger partial charge in [-0.1, -0.05) is 23.7 Å². The third kappa shape index (κ3) is 5.48. The smallest absolute Gasteiger partial charge is 0.387 e. The van der Waals surface area contributed by atoms with Gasteiger partial charge in [-0.15, -0.1) is 0 Å². The Kier molecular flexibility index (Phi) is 7.07. The largest absolute Gasteiger partial charge is 0.433 e. The minimum Gasteiger partial charge on any atom is -0.433 e. The van der Waals surface area contributed by atoms with Crippen LogP contribution in [0.4, 0.5) is 24.5 Å². The van der Waals surface area contributed by atoms with Crippen LogP contribution >= 0.6 is 23.8 Å². The van der Waals surface area contributed by atoms with Gasteiger partial charge in [0.2, 0.25) is 0 Å². The van der Waals surface area contributed by atoms with Crippen LogP contribution in [0.25, 0.3) is 0 Å². The lowest BCUT2D eigenvalue weighted by atomic mass is 10.2. The Balaban J connectivity index is 1.80. The molecule has 0 atom stereocenters. The molecule has 3 aromatic rings. The van der Waals surface area contributed by atoms with Crippen LogP contribution in [0, 0.1) is 26.6 Å². The summed E-state index contributed by atoms with van der Waals surface area (Å²) >= 11 is 11.5. The molecule has 2 aromatic carbocycles. The molecule has 0 bridgehead atoms. The van der Waals surface area contributed by atoms with Crippen molar-refractivity contribution < 1.29 is 17.9 Å². The highest BCUT2D eigenvalue weighted by atomic mass is 35.5. The zero-order chi connectivity index (χ0) is 22.7. The normalized spacial score (nSPS) is 11.0. The molecule has 0 radical (unpaired) electrons. The second kappa shape index (κ2) is 9.57. The maximum atomic E-state index is 14.2. The molecule has 2 N–H and O–H groups in total. The second-order valence-electron chi connectivity index (χ2n) is 6.86. The highest BCUT2D eigenvalue weighted by molar-refractivity contribution is 7.80. The first-order chi connectivity index (χ1) is 14.7. The van der Waals surface area contributed by atoms with Crippen LogP contribution in [0.3, 0.4) is 0 Å². The van der Waals surface area contributed by atoms with Gasteiger partial charge in [0.1, 0.15) is 11.6 Å². The van der Waals surface area contributed by atoms with E-state index in [2.05, 4.69) is 20.5 Å². The van der Waals surface area contributed by atoms with Gasteiger partial charge < -0.3 is 15.4 Å². The number of nitrogens with zero attached hydrogens (tertiary/aromatic N) is 2. The molecular weight excluding hydrogens is 449 g/mol. The summed E-state index contributed by atoms with van der Waals surface area (Å²) in [5.41, 5.74) is 3.42. The summed E-state index contributed by atoms with van der Waals surface area (Å²) in [6.45, 7) is 2.58. The molecule has 31 heavy (non-hydrogen) atoms. The molecule has 164 valence electrons. The summed E-state index contributed by atoms with van der Waals surface area (Å²) in [6, 6.07) is 9.24. The van der Waals surface area contributed by atoms with Crippen molar-refractivity contribution in [3.63, 3.8) is 0 Å². The number of alkyl halides is 2. The minimum atomic E-state index is -2.96. The number of ether oxygens (including phenoxy) is 1. The van der Waals surface area contributed by atoms with Crippen molar-refractivity contribution in [3.05, 3.63) is 69.8 Å². The highest BCUT2D eigenvalue weighted by Crippen LogP contribution is 2.28. The molecule has 1 aromatic heterocycles. The Labute approximate surface area is 188 Å². The summed E-state index contributed by atoms with van der Waals surface area (Å²) in [4.78, 5) is 0. The number of halogens is 4. The Bertz CT molecular complexity index is 1100. The molecule has 0 aliphatic heterocycles. The van der Waals surface area contributed by atoms with Crippen molar-refractivity contribution in [1.82, 2.24) is 9.78 Å². The van der Waals surface area contributed by atoms with Gasteiger partial charge in [0.25, 0.3) is 0 Å². The van der Waals surface area contributed by atoms with Gasteiger partial charge in [-0.3, -0.25) is 4.68 Å². The average Bonchev–Trinajstić information content (AvgIpc) is 2.94. The molecular formula is C21H20ClF3N4OS. The minimum absolute atomic E-state index is 0.0249. The fourth-order valence-corrected chi connectivity index (χ4v) is 3.51. The van der Waals surface area contributed by atoms with Gasteiger partial charge in [-0.25, -0.2) is 4.39 Å². The van der Waals surface area contributed by atoms with E-state index in [9.17, 15) is 13.2 Å². The molecule has 0 spiro atoms. The predicted octanol–water partition coefficient (Wildman–Crippen LogP) is 6.06. The Morgan fingerprint density at radius 2 is 1.94 bits per heavy atom. The highest BCUT2D eigenvalue weighted by Gasteiger charge is 2.17. The number of anilines is 2. The number of hydrogen-bond acceptors (Lipinski definition) is 3. The zero-order valence-electron chi connectivity index (χ0n) is 17.0. The number of aromatic nitrogens is 2. The van der Waals surface area contributed by atoms with E-state index in [1.807, 2.05) is 6.92 Å². The van der Waals surface area contributed by atoms with E-state index in [0.717, 1.165) is 5.56 Å². The lowest BCUT2D eigenvalue weighted by Crippen LogP contribution is -2.21. The van der Waals surface area contributed by atoms with Gasteiger partial charge in [0.15, 0.2) is 5.11 Å². The van der Waals surface area contributed by atoms with E-state index < -0.39 is 12.4 Å². The van der Waals surface area contributed by atoms with Crippen molar-refractivity contribution in [2.45, 2.75) is 33.9 Å². The van der Waals surface area contributed by atoms with E-state index >= 15 is 0 Å². The Hall–Kier alpha value is -2.78. The first-order valence-corrected chi connectivity index (χ1v) is 10.0. The van der Waals surface area contributed by atoms with Crippen LogP contribution in [0.2, 0.25) is 5.02 Å². The van der Waals surface area contributed by atoms with Crippen molar-refractivity contribution in [1.29, 1.82) is 0 Å². The van der Waals surface area contributed by atoms with E-state index in [-0.39, 0.29) is 17.4 Å². The molecule has 3 rings (SSSR count). The van der Waals surface area contributed by atoms with Crippen LogP contribution in [0.5, 0.6) is 5.75 Å². The van der Waals surface area contributed by atoms with Crippen LogP contribution in [0.15, 0.2) is 36.4 Å². The standard InChI is InChI=1S/C21H20ClF3N4OS/c1-11-7-8-18(30-20(24)25)17(9-11)26-21(31)27-19-12(2)28-29(13(19)3)10-14-15(22)5-4-6-16(14)23/h4-9,20H,10H2,1-3H3,(H2,26,27,31). The summed E-state index contributed by atoms with van der Waals surface area (Å²) < 4.78 is 45.7. The Morgan fingerprint density at radius 3 is 2.61 bits per heavy atom. The summed E-state index contributed by atoms with van der Waals surface area (Å²) in [6.07, 6.45) is 0. The predicted molar refractivity (Wildman–Crippen MR) is 120 cm³/mol. The van der Waals surface area contributed by atoms with E-state index in [1.54, 1.807) is 36.7 Å². The SMILES string of the molecule is Cc1ccc(OC(F)F)c(NC(=S)Nc2c(C)nn(Cc3c(F)cccc3Cl)c2C)c1. The molecule has 0 unspecified atom stereocenters. The quantitative estimate of drug-likeness (QED) is 0.431. The molecule has 5 nitrogen and oxygen atoms in total. The summed E-state index contributed by atoms with van der Waals surface area (Å²) in [5.74, 6) is -0.444. The van der Waals surface area contributed by atoms with Crippen molar-refractivity contribution in [3.8, 4) is 5.75 Å². The van der Waals surface area contributed by atoms with Gasteiger partial charge in [0.05, 0.1) is 29.3 Å². The van der Waals surface area contributed by atoms with Crippen LogP contribution in [0.1, 0.15) is 22.5 Å². The molecule has 1 heterocycles. The molecule has 0 aliphatic rings. The number of thiocarbonyl (C=S) groups is 1. The third-order valence-corrected chi connectivity index (χ3v) is 5.15. The first-order valence-electron chi connectivity index (χ1n) is 9.26. The zero-order valence-corrected chi connectivity index (χ0v) is 18.5. The van der Waals surface area contributed by atoms with E-state index in [1.165, 1.54) is 18.2 Å². The second-order valence-corrected chi connectivity index (χ2v) is 7.68. The molecule has 0 saturated heterocycles. The lowest BCUT2D eigenvalue weighted by Gasteiger charge is -2.15. The Morgan fingerprint density at radius 1 is 1.19 bits per heavy atom. The molecule has 0 amide bonds. The number of hydrogen-bond donors (Lipinski definition) is 2. The average molecular weight is 469 g/mol. The maximum absolute atomic E-state index is 14.2. The van der Waals surface area contributed by atoms with E-state index in [0.29, 0.717) is 33.3 Å². The van der Waals surface area contributed by atoms with Crippen molar-refractivity contribution >= 4 is 40.3 Å². The first kappa shape index (κ1) is 22.9. The van der Waals surface area contributed by atoms with Gasteiger partial charge >= 0.3 is 6.61 Å². The topological polar surface area (TPSA) is 51.1 Å². The summed E-state index contributed by atoms with van der Waals surface area (Å²) in [5, 5.41) is 10.8. The number of nitrogens with one attached hydrogen (secondary N) is 2. The fraction of sp³-hybridized carbons (Fsp3) is 0.238. The molecule has 0 saturated carbocycles. The van der Waals surface area contributed by atoms with Crippen molar-refractivity contribution in [2.24, 2.45) is 0 Å². The summed E-state index contributed by atoms with van der Waals surface area (Å²) in [7, 11) is 0. The van der Waals surface area contributed by atoms with Gasteiger partial charge in [-0.2, -0.15) is 13.9 Å². The number of aryl methyl sites for hydroxylation is 2. The molecule has 10 heteroatoms. The monoisotopic (exact) mass is 468 g/mol. The number of benzene rings is 2. The maximum Gasteiger partial charge on any atom is 0.387 e. The molecule has 0 aliphatic carbocycles. The third-order valence-electron chi connectivity index (χ3n) is 4.59. The van der Waals surface area contributed by atoms with Crippen LogP contribution in [-0.4, -0.2) is 21.5 Å².